The van der Waals surface area contributed by atoms with E-state index < -0.39 is 24.1 Å². The summed E-state index contributed by atoms with van der Waals surface area (Å²) in [5.41, 5.74) is 4.49. The van der Waals surface area contributed by atoms with Crippen molar-refractivity contribution in [1.82, 2.24) is 20.1 Å². The number of aliphatic hydroxyl groups is 2. The molecule has 11 nitrogen and oxygen atoms in total. The maximum Gasteiger partial charge on any atom is 0.335 e. The maximum absolute atomic E-state index is 9.77. The smallest absolute Gasteiger partial charge is 0.335 e. The molecule has 0 amide bonds. The van der Waals surface area contributed by atoms with Crippen LogP contribution in [0.4, 0.5) is 0 Å². The van der Waals surface area contributed by atoms with Gasteiger partial charge in [-0.1, -0.05) is 12.1 Å². The van der Waals surface area contributed by atoms with Gasteiger partial charge in [-0.2, -0.15) is 10.2 Å². The number of carboxylic acids is 2. The molecule has 4 N–H and O–H groups in total. The summed E-state index contributed by atoms with van der Waals surface area (Å²) in [6.07, 6.45) is 1.66. The molecule has 0 fully saturated rings. The molecule has 0 radical (unpaired) electrons. The van der Waals surface area contributed by atoms with Gasteiger partial charge in [-0.05, 0) is 48.5 Å². The van der Waals surface area contributed by atoms with E-state index in [1.165, 1.54) is 11.1 Å². The first-order valence-electron chi connectivity index (χ1n) is 10.7. The second kappa shape index (κ2) is 12.0. The Balaban J connectivity index is 0.000000292. The SMILES string of the molecule is CN1CCC(Oc2cccnc2)c2ccc(-c3cccnn3)cc2C1.O=C(O)C(O)C(O)C(=O)O. The van der Waals surface area contributed by atoms with Crippen LogP contribution >= 0.6 is 0 Å². The summed E-state index contributed by atoms with van der Waals surface area (Å²) in [6, 6.07) is 14.2. The number of aliphatic carboxylic acids is 2. The molecule has 1 aliphatic heterocycles. The fourth-order valence-corrected chi connectivity index (χ4v) is 3.51. The van der Waals surface area contributed by atoms with E-state index in [0.29, 0.717) is 0 Å². The van der Waals surface area contributed by atoms with Crippen molar-refractivity contribution >= 4 is 11.9 Å². The summed E-state index contributed by atoms with van der Waals surface area (Å²) < 4.78 is 6.24. The molecule has 0 saturated heterocycles. The maximum atomic E-state index is 9.77. The lowest BCUT2D eigenvalue weighted by Gasteiger charge is -2.19. The van der Waals surface area contributed by atoms with Crippen molar-refractivity contribution in [1.29, 1.82) is 0 Å². The molecule has 0 aliphatic carbocycles. The largest absolute Gasteiger partial charge is 0.484 e. The number of nitrogens with zero attached hydrogens (tertiary/aromatic N) is 4. The van der Waals surface area contributed by atoms with E-state index in [1.54, 1.807) is 18.6 Å². The Labute approximate surface area is 201 Å². The molecule has 35 heavy (non-hydrogen) atoms. The van der Waals surface area contributed by atoms with Crippen LogP contribution in [0.3, 0.4) is 0 Å². The summed E-state index contributed by atoms with van der Waals surface area (Å²) >= 11 is 0. The average Bonchev–Trinajstić information content (AvgIpc) is 3.02. The number of pyridine rings is 1. The number of fused-ring (bicyclic) bond motifs is 1. The molecule has 0 spiro atoms. The molecule has 1 aromatic carbocycles. The third-order valence-electron chi connectivity index (χ3n) is 5.29. The summed E-state index contributed by atoms with van der Waals surface area (Å²) in [5.74, 6) is -2.73. The lowest BCUT2D eigenvalue weighted by atomic mass is 9.97. The number of ether oxygens (including phenoxy) is 1. The second-order valence-electron chi connectivity index (χ2n) is 7.91. The molecule has 0 saturated carbocycles. The Morgan fingerprint density at radius 3 is 2.37 bits per heavy atom. The lowest BCUT2D eigenvalue weighted by Crippen LogP contribution is -2.39. The number of benzene rings is 1. The van der Waals surface area contributed by atoms with Crippen molar-refractivity contribution in [3.05, 3.63) is 72.2 Å². The van der Waals surface area contributed by atoms with Crippen molar-refractivity contribution in [2.24, 2.45) is 0 Å². The molecule has 2 aromatic heterocycles. The van der Waals surface area contributed by atoms with Crippen LogP contribution in [0, 0.1) is 0 Å². The van der Waals surface area contributed by atoms with Crippen LogP contribution in [-0.4, -0.2) is 78.2 Å². The van der Waals surface area contributed by atoms with Crippen LogP contribution in [0.5, 0.6) is 5.75 Å². The molecule has 3 heterocycles. The highest BCUT2D eigenvalue weighted by Crippen LogP contribution is 2.32. The zero-order chi connectivity index (χ0) is 25.4. The fourth-order valence-electron chi connectivity index (χ4n) is 3.51. The zero-order valence-corrected chi connectivity index (χ0v) is 18.9. The standard InChI is InChI=1S/C20H20N4O.C4H6O6/c1-24-11-8-20(25-17-4-2-9-21-13-17)18-7-6-15(12-16(18)14-24)19-5-3-10-22-23-19;5-1(3(7)8)2(6)4(9)10/h2-7,9-10,12-13,20H,8,11,14H2,1H3;1-2,5-6H,(H,7,8)(H,9,10). The predicted octanol–water partition coefficient (Wildman–Crippen LogP) is 1.37. The molecular formula is C24H26N4O7. The van der Waals surface area contributed by atoms with E-state index in [4.69, 9.17) is 25.2 Å². The number of hydrogen-bond acceptors (Lipinski definition) is 9. The monoisotopic (exact) mass is 482 g/mol. The quantitative estimate of drug-likeness (QED) is 0.401. The number of aliphatic hydroxyl groups excluding tert-OH is 2. The van der Waals surface area contributed by atoms with Gasteiger partial charge in [0.1, 0.15) is 11.9 Å². The van der Waals surface area contributed by atoms with Gasteiger partial charge >= 0.3 is 11.9 Å². The fraction of sp³-hybridized carbons (Fsp3) is 0.292. The molecule has 184 valence electrons. The first-order valence-corrected chi connectivity index (χ1v) is 10.7. The number of rotatable bonds is 6. The van der Waals surface area contributed by atoms with Gasteiger partial charge in [0.2, 0.25) is 0 Å². The van der Waals surface area contributed by atoms with Crippen molar-refractivity contribution < 1.29 is 34.8 Å². The molecule has 11 heteroatoms. The Bertz CT molecular complexity index is 1110. The van der Waals surface area contributed by atoms with E-state index in [1.807, 2.05) is 24.3 Å². The van der Waals surface area contributed by atoms with Gasteiger partial charge in [0.25, 0.3) is 0 Å². The molecule has 3 atom stereocenters. The lowest BCUT2D eigenvalue weighted by molar-refractivity contribution is -0.165. The highest BCUT2D eigenvalue weighted by molar-refractivity contribution is 5.83. The van der Waals surface area contributed by atoms with Gasteiger partial charge in [-0.3, -0.25) is 4.98 Å². The highest BCUT2D eigenvalue weighted by atomic mass is 16.5. The first-order chi connectivity index (χ1) is 16.8. The first kappa shape index (κ1) is 25.7. The third-order valence-corrected chi connectivity index (χ3v) is 5.29. The van der Waals surface area contributed by atoms with Crippen molar-refractivity contribution in [2.45, 2.75) is 31.3 Å². The summed E-state index contributed by atoms with van der Waals surface area (Å²) in [7, 11) is 2.14. The normalized spacial score (nSPS) is 17.1. The summed E-state index contributed by atoms with van der Waals surface area (Å²) in [5, 5.41) is 40.7. The van der Waals surface area contributed by atoms with Crippen LogP contribution in [0.15, 0.2) is 61.1 Å². The van der Waals surface area contributed by atoms with Gasteiger partial charge in [-0.25, -0.2) is 9.59 Å². The Kier molecular flexibility index (Phi) is 8.79. The number of carboxylic acid groups (broad SMARTS) is 2. The van der Waals surface area contributed by atoms with Gasteiger partial charge in [0, 0.05) is 37.5 Å². The number of aromatic nitrogens is 3. The summed E-state index contributed by atoms with van der Waals surface area (Å²) in [4.78, 5) is 26.0. The van der Waals surface area contributed by atoms with E-state index in [2.05, 4.69) is 45.3 Å². The minimum atomic E-state index is -2.27. The Morgan fingerprint density at radius 1 is 1.06 bits per heavy atom. The third kappa shape index (κ3) is 7.03. The van der Waals surface area contributed by atoms with E-state index in [0.717, 1.165) is 36.5 Å². The average molecular weight is 482 g/mol. The number of carbonyl (C=O) groups is 2. The van der Waals surface area contributed by atoms with Gasteiger partial charge < -0.3 is 30.1 Å². The molecule has 3 aromatic rings. The molecule has 0 bridgehead atoms. The van der Waals surface area contributed by atoms with Crippen LogP contribution < -0.4 is 4.74 Å². The Hall–Kier alpha value is -3.93. The van der Waals surface area contributed by atoms with Crippen LogP contribution in [0.2, 0.25) is 0 Å². The number of hydrogen-bond donors (Lipinski definition) is 4. The van der Waals surface area contributed by atoms with Crippen molar-refractivity contribution in [3.8, 4) is 17.0 Å². The van der Waals surface area contributed by atoms with Crippen molar-refractivity contribution in [2.75, 3.05) is 13.6 Å². The minimum absolute atomic E-state index is 0.0278. The van der Waals surface area contributed by atoms with Crippen LogP contribution in [0.1, 0.15) is 23.7 Å². The highest BCUT2D eigenvalue weighted by Gasteiger charge is 2.29. The van der Waals surface area contributed by atoms with E-state index in [9.17, 15) is 9.59 Å². The molecule has 3 unspecified atom stereocenters. The second-order valence-corrected chi connectivity index (χ2v) is 7.91. The topological polar surface area (TPSA) is 166 Å². The van der Waals surface area contributed by atoms with Crippen LogP contribution in [0.25, 0.3) is 11.3 Å². The van der Waals surface area contributed by atoms with Crippen molar-refractivity contribution in [3.63, 3.8) is 0 Å². The van der Waals surface area contributed by atoms with Gasteiger partial charge in [0.15, 0.2) is 12.2 Å². The molecule has 4 rings (SSSR count). The van der Waals surface area contributed by atoms with E-state index in [-0.39, 0.29) is 6.10 Å². The predicted molar refractivity (Wildman–Crippen MR) is 123 cm³/mol. The van der Waals surface area contributed by atoms with Crippen LogP contribution in [-0.2, 0) is 16.1 Å². The molecule has 1 aliphatic rings. The zero-order valence-electron chi connectivity index (χ0n) is 18.9. The van der Waals surface area contributed by atoms with Gasteiger partial charge in [-0.15, -0.1) is 0 Å². The van der Waals surface area contributed by atoms with Gasteiger partial charge in [0.05, 0.1) is 11.9 Å². The minimum Gasteiger partial charge on any atom is -0.484 e. The molecular weight excluding hydrogens is 456 g/mol. The Morgan fingerprint density at radius 2 is 1.77 bits per heavy atom. The van der Waals surface area contributed by atoms with E-state index >= 15 is 0 Å². The summed E-state index contributed by atoms with van der Waals surface area (Å²) in [6.45, 7) is 1.89.